The molecule has 0 aromatic carbocycles. The number of sulfonamides is 1. The van der Waals surface area contributed by atoms with Gasteiger partial charge in [0.1, 0.15) is 0 Å². The molecule has 0 heterocycles. The normalized spacial score (nSPS) is 11.9. The average Bonchev–Trinajstić information content (AvgIpc) is 2.63. The number of hydrogen-bond donors (Lipinski definition) is 2. The van der Waals surface area contributed by atoms with E-state index in [1.54, 1.807) is 0 Å². The third kappa shape index (κ3) is 19.7. The molecule has 0 saturated carbocycles. The Kier molecular flexibility index (Phi) is 17.9. The van der Waals surface area contributed by atoms with Crippen molar-refractivity contribution in [1.82, 2.24) is 4.72 Å². The molecular weight excluding hydrogens is 360 g/mol. The first-order valence-electron chi connectivity index (χ1n) is 10.9. The van der Waals surface area contributed by atoms with Crippen molar-refractivity contribution < 1.29 is 13.2 Å². The molecule has 3 N–H and O–H groups in total. The van der Waals surface area contributed by atoms with Crippen molar-refractivity contribution in [2.45, 2.75) is 103 Å². The number of carbonyl (C=O) groups excluding carboxylic acids is 1. The van der Waals surface area contributed by atoms with E-state index in [0.29, 0.717) is 13.0 Å². The van der Waals surface area contributed by atoms with E-state index in [9.17, 15) is 13.2 Å². The molecule has 0 radical (unpaired) electrons. The highest BCUT2D eigenvalue weighted by atomic mass is 32.2. The van der Waals surface area contributed by atoms with E-state index < -0.39 is 15.9 Å². The predicted octanol–water partition coefficient (Wildman–Crippen LogP) is 4.82. The molecule has 0 fully saturated rings. The lowest BCUT2D eigenvalue weighted by Gasteiger charge is -2.06. The van der Waals surface area contributed by atoms with Crippen LogP contribution in [0.4, 0.5) is 0 Å². The van der Waals surface area contributed by atoms with Gasteiger partial charge in [-0.1, -0.05) is 70.4 Å². The maximum Gasteiger partial charge on any atom is 0.234 e. The predicted molar refractivity (Wildman–Crippen MR) is 115 cm³/mol. The lowest BCUT2D eigenvalue weighted by atomic mass is 10.1. The molecule has 5 nitrogen and oxygen atoms in total. The molecular formula is C21H42N2O3S. The summed E-state index contributed by atoms with van der Waals surface area (Å²) in [4.78, 5) is 11.6. The monoisotopic (exact) mass is 402 g/mol. The Balaban J connectivity index is 3.42. The highest BCUT2D eigenvalue weighted by molar-refractivity contribution is 7.90. The standard InChI is InChI=1S/C21H42N2O3S/c1-2-3-4-5-6-7-8-9-10-11-12-13-14-15-16-18-21(24)23-27(25,26)20-17-19-22/h9-10H,2-8,11-20,22H2,1H3,(H,23,24)/b10-9-. The summed E-state index contributed by atoms with van der Waals surface area (Å²) in [6.45, 7) is 2.56. The largest absolute Gasteiger partial charge is 0.330 e. The van der Waals surface area contributed by atoms with Gasteiger partial charge >= 0.3 is 0 Å². The van der Waals surface area contributed by atoms with E-state index in [1.807, 2.05) is 0 Å². The number of allylic oxidation sites excluding steroid dienone is 2. The molecule has 0 atom stereocenters. The van der Waals surface area contributed by atoms with Crippen molar-refractivity contribution in [3.8, 4) is 0 Å². The molecule has 0 aliphatic rings. The second-order valence-corrected chi connectivity index (χ2v) is 9.16. The lowest BCUT2D eigenvalue weighted by Crippen LogP contribution is -2.32. The third-order valence-electron chi connectivity index (χ3n) is 4.55. The third-order valence-corrected chi connectivity index (χ3v) is 5.92. The van der Waals surface area contributed by atoms with E-state index in [2.05, 4.69) is 23.8 Å². The van der Waals surface area contributed by atoms with Crippen LogP contribution >= 0.6 is 0 Å². The summed E-state index contributed by atoms with van der Waals surface area (Å²) >= 11 is 0. The van der Waals surface area contributed by atoms with Gasteiger partial charge in [-0.25, -0.2) is 8.42 Å². The fourth-order valence-electron chi connectivity index (χ4n) is 2.91. The van der Waals surface area contributed by atoms with Gasteiger partial charge in [0.25, 0.3) is 0 Å². The van der Waals surface area contributed by atoms with Crippen molar-refractivity contribution in [3.63, 3.8) is 0 Å². The van der Waals surface area contributed by atoms with Crippen LogP contribution in [0.2, 0.25) is 0 Å². The SMILES string of the molecule is CCCCCCCC/C=C\CCCCCCCC(=O)NS(=O)(=O)CCCN. The lowest BCUT2D eigenvalue weighted by molar-refractivity contribution is -0.119. The number of amides is 1. The van der Waals surface area contributed by atoms with Crippen LogP contribution in [0.15, 0.2) is 12.2 Å². The van der Waals surface area contributed by atoms with Gasteiger partial charge < -0.3 is 5.73 Å². The van der Waals surface area contributed by atoms with Gasteiger partial charge in [0, 0.05) is 6.42 Å². The first-order chi connectivity index (χ1) is 13.0. The maximum absolute atomic E-state index is 11.6. The van der Waals surface area contributed by atoms with Gasteiger partial charge in [-0.2, -0.15) is 0 Å². The topological polar surface area (TPSA) is 89.3 Å². The number of unbranched alkanes of at least 4 members (excludes halogenated alkanes) is 11. The fourth-order valence-corrected chi connectivity index (χ4v) is 4.00. The molecule has 0 aromatic rings. The Morgan fingerprint density at radius 3 is 1.89 bits per heavy atom. The van der Waals surface area contributed by atoms with E-state index in [0.717, 1.165) is 32.1 Å². The summed E-state index contributed by atoms with van der Waals surface area (Å²) in [5, 5.41) is 0. The Hall–Kier alpha value is -0.880. The highest BCUT2D eigenvalue weighted by Crippen LogP contribution is 2.10. The molecule has 0 aliphatic carbocycles. The molecule has 0 saturated heterocycles. The summed E-state index contributed by atoms with van der Waals surface area (Å²) in [5.41, 5.74) is 5.28. The summed E-state index contributed by atoms with van der Waals surface area (Å²) in [7, 11) is -3.50. The van der Waals surface area contributed by atoms with Crippen molar-refractivity contribution in [2.24, 2.45) is 5.73 Å². The Bertz CT molecular complexity index is 476. The summed E-state index contributed by atoms with van der Waals surface area (Å²) < 4.78 is 25.2. The Morgan fingerprint density at radius 1 is 0.815 bits per heavy atom. The molecule has 0 rings (SSSR count). The van der Waals surface area contributed by atoms with Crippen LogP contribution in [0.3, 0.4) is 0 Å². The molecule has 6 heteroatoms. The number of rotatable bonds is 19. The van der Waals surface area contributed by atoms with Crippen LogP contribution < -0.4 is 10.5 Å². The van der Waals surface area contributed by atoms with Crippen LogP contribution in [0.1, 0.15) is 103 Å². The van der Waals surface area contributed by atoms with Crippen molar-refractivity contribution in [2.75, 3.05) is 12.3 Å². The zero-order chi connectivity index (χ0) is 20.2. The summed E-state index contributed by atoms with van der Waals surface area (Å²) in [6.07, 6.45) is 20.9. The van der Waals surface area contributed by atoms with E-state index >= 15 is 0 Å². The van der Waals surface area contributed by atoms with Crippen molar-refractivity contribution in [1.29, 1.82) is 0 Å². The van der Waals surface area contributed by atoms with E-state index in [-0.39, 0.29) is 12.2 Å². The van der Waals surface area contributed by atoms with Crippen LogP contribution in [0.25, 0.3) is 0 Å². The van der Waals surface area contributed by atoms with Gasteiger partial charge in [-0.05, 0) is 45.1 Å². The minimum Gasteiger partial charge on any atom is -0.330 e. The van der Waals surface area contributed by atoms with Gasteiger partial charge in [-0.15, -0.1) is 0 Å². The fraction of sp³-hybridized carbons (Fsp3) is 0.857. The van der Waals surface area contributed by atoms with Crippen LogP contribution in [-0.4, -0.2) is 26.6 Å². The van der Waals surface area contributed by atoms with Gasteiger partial charge in [0.15, 0.2) is 0 Å². The molecule has 160 valence electrons. The molecule has 0 unspecified atom stereocenters. The zero-order valence-corrected chi connectivity index (χ0v) is 18.2. The van der Waals surface area contributed by atoms with E-state index in [4.69, 9.17) is 5.73 Å². The molecule has 0 aliphatic heterocycles. The summed E-state index contributed by atoms with van der Waals surface area (Å²) in [5.74, 6) is -0.480. The van der Waals surface area contributed by atoms with Crippen LogP contribution in [-0.2, 0) is 14.8 Å². The number of hydrogen-bond acceptors (Lipinski definition) is 4. The van der Waals surface area contributed by atoms with Gasteiger partial charge in [0.05, 0.1) is 5.75 Å². The first kappa shape index (κ1) is 26.1. The van der Waals surface area contributed by atoms with Crippen LogP contribution in [0, 0.1) is 0 Å². The minimum atomic E-state index is -3.50. The van der Waals surface area contributed by atoms with Gasteiger partial charge in [-0.3, -0.25) is 9.52 Å². The zero-order valence-electron chi connectivity index (χ0n) is 17.4. The Labute approximate surface area is 167 Å². The number of nitrogens with one attached hydrogen (secondary N) is 1. The van der Waals surface area contributed by atoms with Crippen LogP contribution in [0.5, 0.6) is 0 Å². The summed E-state index contributed by atoms with van der Waals surface area (Å²) in [6, 6.07) is 0. The molecule has 0 aromatic heterocycles. The average molecular weight is 403 g/mol. The van der Waals surface area contributed by atoms with E-state index in [1.165, 1.54) is 51.4 Å². The number of carbonyl (C=O) groups is 1. The molecule has 0 bridgehead atoms. The number of nitrogens with two attached hydrogens (primary N) is 1. The Morgan fingerprint density at radius 2 is 1.33 bits per heavy atom. The molecule has 27 heavy (non-hydrogen) atoms. The van der Waals surface area contributed by atoms with Crippen molar-refractivity contribution in [3.05, 3.63) is 12.2 Å². The van der Waals surface area contributed by atoms with Gasteiger partial charge in [0.2, 0.25) is 15.9 Å². The maximum atomic E-state index is 11.6. The second kappa shape index (κ2) is 18.5. The molecule has 0 spiro atoms. The smallest absolute Gasteiger partial charge is 0.234 e. The minimum absolute atomic E-state index is 0.0817. The quantitative estimate of drug-likeness (QED) is 0.239. The second-order valence-electron chi connectivity index (χ2n) is 7.32. The van der Waals surface area contributed by atoms with Crippen molar-refractivity contribution >= 4 is 15.9 Å². The highest BCUT2D eigenvalue weighted by Gasteiger charge is 2.13. The first-order valence-corrected chi connectivity index (χ1v) is 12.6. The molecule has 1 amide bonds.